The fraction of sp³-hybridized carbons (Fsp3) is 0.115. The van der Waals surface area contributed by atoms with Crippen LogP contribution in [0.5, 0.6) is 0 Å². The van der Waals surface area contributed by atoms with Crippen molar-refractivity contribution in [2.45, 2.75) is 20.2 Å². The number of fused-ring (bicyclic) bond motifs is 1. The molecule has 0 bridgehead atoms. The van der Waals surface area contributed by atoms with Crippen molar-refractivity contribution in [3.05, 3.63) is 89.1 Å². The zero-order valence-corrected chi connectivity index (χ0v) is 19.0. The number of carboxylic acid groups (broad SMARTS) is 1. The van der Waals surface area contributed by atoms with E-state index in [9.17, 15) is 19.8 Å². The highest BCUT2D eigenvalue weighted by molar-refractivity contribution is 6.03. The molecule has 9 nitrogen and oxygen atoms in total. The van der Waals surface area contributed by atoms with E-state index in [2.05, 4.69) is 16.0 Å². The number of benzene rings is 3. The largest absolute Gasteiger partial charge is 0.478 e. The molecule has 5 rings (SSSR count). The van der Waals surface area contributed by atoms with Crippen molar-refractivity contribution < 1.29 is 19.8 Å². The molecule has 1 unspecified atom stereocenters. The third-order valence-electron chi connectivity index (χ3n) is 5.93. The molecule has 176 valence electrons. The summed E-state index contributed by atoms with van der Waals surface area (Å²) in [4.78, 5) is 24.4. The number of carbonyl (C=O) groups is 2. The van der Waals surface area contributed by atoms with Gasteiger partial charge < -0.3 is 26.2 Å². The van der Waals surface area contributed by atoms with Crippen LogP contribution in [0.25, 0.3) is 16.8 Å². The quantitative estimate of drug-likeness (QED) is 0.298. The lowest BCUT2D eigenvalue weighted by molar-refractivity contribution is 0.0697. The van der Waals surface area contributed by atoms with Crippen LogP contribution in [0.4, 0.5) is 17.2 Å². The van der Waals surface area contributed by atoms with Crippen molar-refractivity contribution in [2.24, 2.45) is 0 Å². The van der Waals surface area contributed by atoms with Crippen molar-refractivity contribution in [3.8, 4) is 16.8 Å². The number of anilines is 3. The van der Waals surface area contributed by atoms with Crippen LogP contribution in [0, 0.1) is 13.8 Å². The molecule has 1 aliphatic rings. The minimum atomic E-state index is -1.16. The zero-order valence-electron chi connectivity index (χ0n) is 19.0. The fourth-order valence-electron chi connectivity index (χ4n) is 4.27. The van der Waals surface area contributed by atoms with Crippen LogP contribution in [0.2, 0.25) is 0 Å². The number of hydrogen-bond acceptors (Lipinski definition) is 6. The molecule has 0 spiro atoms. The first kappa shape index (κ1) is 22.2. The summed E-state index contributed by atoms with van der Waals surface area (Å²) in [7, 11) is 0. The van der Waals surface area contributed by atoms with Gasteiger partial charge in [-0.3, -0.25) is 4.79 Å². The maximum atomic E-state index is 12.5. The maximum Gasteiger partial charge on any atom is 0.337 e. The molecule has 35 heavy (non-hydrogen) atoms. The number of carboxylic acids is 1. The van der Waals surface area contributed by atoms with Crippen molar-refractivity contribution in [1.29, 1.82) is 0 Å². The van der Waals surface area contributed by atoms with Gasteiger partial charge in [-0.1, -0.05) is 36.4 Å². The Labute approximate surface area is 201 Å². The second-order valence-corrected chi connectivity index (χ2v) is 8.26. The molecule has 9 heteroatoms. The van der Waals surface area contributed by atoms with Gasteiger partial charge in [0, 0.05) is 5.56 Å². The summed E-state index contributed by atoms with van der Waals surface area (Å²) in [6.45, 7) is 3.83. The number of aliphatic hydroxyl groups excluding tert-OH is 1. The van der Waals surface area contributed by atoms with Gasteiger partial charge in [0.1, 0.15) is 5.82 Å². The number of nitrogens with one attached hydrogen (secondary N) is 3. The number of aromatic nitrogens is 2. The van der Waals surface area contributed by atoms with Crippen molar-refractivity contribution >= 4 is 29.1 Å². The molecule has 5 N–H and O–H groups in total. The molecule has 2 heterocycles. The fourth-order valence-corrected chi connectivity index (χ4v) is 4.27. The minimum absolute atomic E-state index is 0.122. The van der Waals surface area contributed by atoms with Crippen molar-refractivity contribution in [3.63, 3.8) is 0 Å². The molecule has 1 aromatic heterocycles. The van der Waals surface area contributed by atoms with E-state index in [4.69, 9.17) is 5.10 Å². The Balaban J connectivity index is 1.72. The van der Waals surface area contributed by atoms with Gasteiger partial charge in [-0.2, -0.15) is 5.10 Å². The van der Waals surface area contributed by atoms with E-state index < -0.39 is 18.2 Å². The summed E-state index contributed by atoms with van der Waals surface area (Å²) in [6.07, 6.45) is -1.16. The second-order valence-electron chi connectivity index (χ2n) is 8.26. The predicted molar refractivity (Wildman–Crippen MR) is 132 cm³/mol. The van der Waals surface area contributed by atoms with Gasteiger partial charge in [-0.25, -0.2) is 9.48 Å². The summed E-state index contributed by atoms with van der Waals surface area (Å²) in [5, 5.41) is 32.8. The third kappa shape index (κ3) is 3.98. The number of rotatable bonds is 5. The van der Waals surface area contributed by atoms with Gasteiger partial charge in [-0.05, 0) is 55.3 Å². The van der Waals surface area contributed by atoms with Gasteiger partial charge in [0.05, 0.1) is 33.9 Å². The highest BCUT2D eigenvalue weighted by Crippen LogP contribution is 2.38. The molecule has 1 atom stereocenters. The Morgan fingerprint density at radius 3 is 2.54 bits per heavy atom. The number of aliphatic hydroxyl groups is 1. The Kier molecular flexibility index (Phi) is 5.46. The highest BCUT2D eigenvalue weighted by Gasteiger charge is 2.25. The number of carbonyl (C=O) groups excluding carboxylic acids is 1. The maximum absolute atomic E-state index is 12.5. The topological polar surface area (TPSA) is 129 Å². The standard InChI is InChI=1S/C26H23N5O4/c1-14-7-3-6-10-21(14)31-23(27-19-9-5-4-8-17(19)25(33)34)22(15(2)30-31)16-11-12-20-18(13-16)24(32)29-26(35)28-20/h3-13,26-28,35H,1-2H3,(H,29,32)(H,33,34). The molecule has 4 aromatic rings. The Morgan fingerprint density at radius 1 is 1.03 bits per heavy atom. The highest BCUT2D eigenvalue weighted by atomic mass is 16.4. The Morgan fingerprint density at radius 2 is 1.77 bits per heavy atom. The van der Waals surface area contributed by atoms with Crippen LogP contribution in [0.3, 0.4) is 0 Å². The van der Waals surface area contributed by atoms with Gasteiger partial charge in [0.2, 0.25) is 6.35 Å². The summed E-state index contributed by atoms with van der Waals surface area (Å²) in [5.74, 6) is -0.888. The second kappa shape index (κ2) is 8.62. The van der Waals surface area contributed by atoms with Crippen LogP contribution in [0.15, 0.2) is 66.7 Å². The van der Waals surface area contributed by atoms with Gasteiger partial charge >= 0.3 is 5.97 Å². The van der Waals surface area contributed by atoms with Crippen LogP contribution in [0.1, 0.15) is 32.0 Å². The average molecular weight is 470 g/mol. The van der Waals surface area contributed by atoms with Crippen molar-refractivity contribution in [1.82, 2.24) is 15.1 Å². The number of amides is 1. The molecule has 0 saturated carbocycles. The molecule has 0 radical (unpaired) electrons. The summed E-state index contributed by atoms with van der Waals surface area (Å²) < 4.78 is 1.75. The first-order valence-corrected chi connectivity index (χ1v) is 11.0. The van der Waals surface area contributed by atoms with E-state index in [1.807, 2.05) is 44.2 Å². The van der Waals surface area contributed by atoms with Gasteiger partial charge in [-0.15, -0.1) is 0 Å². The molecule has 1 amide bonds. The summed E-state index contributed by atoms with van der Waals surface area (Å²) in [6, 6.07) is 19.7. The third-order valence-corrected chi connectivity index (χ3v) is 5.93. The monoisotopic (exact) mass is 469 g/mol. The van der Waals surface area contributed by atoms with Crippen molar-refractivity contribution in [2.75, 3.05) is 10.6 Å². The Bertz CT molecular complexity index is 1480. The lowest BCUT2D eigenvalue weighted by Crippen LogP contribution is -2.44. The molecule has 1 aliphatic heterocycles. The van der Waals surface area contributed by atoms with Crippen LogP contribution in [-0.2, 0) is 0 Å². The van der Waals surface area contributed by atoms with E-state index in [1.165, 1.54) is 6.07 Å². The number of hydrogen-bond donors (Lipinski definition) is 5. The van der Waals surface area contributed by atoms with E-state index in [1.54, 1.807) is 35.0 Å². The lowest BCUT2D eigenvalue weighted by atomic mass is 10.00. The molecular weight excluding hydrogens is 446 g/mol. The smallest absolute Gasteiger partial charge is 0.337 e. The van der Waals surface area contributed by atoms with E-state index >= 15 is 0 Å². The van der Waals surface area contributed by atoms with Crippen LogP contribution < -0.4 is 16.0 Å². The van der Waals surface area contributed by atoms with Crippen LogP contribution in [-0.4, -0.2) is 38.2 Å². The molecule has 0 saturated heterocycles. The Hall–Kier alpha value is -4.63. The van der Waals surface area contributed by atoms with E-state index in [0.717, 1.165) is 16.8 Å². The SMILES string of the molecule is Cc1ccccc1-n1nc(C)c(-c2ccc3c(c2)C(=O)NC(O)N3)c1Nc1ccccc1C(=O)O. The normalized spacial score (nSPS) is 14.6. The number of aryl methyl sites for hydroxylation is 2. The molecule has 0 fully saturated rings. The summed E-state index contributed by atoms with van der Waals surface area (Å²) >= 11 is 0. The number of aromatic carboxylic acids is 1. The number of nitrogens with zero attached hydrogens (tertiary/aromatic N) is 2. The number of para-hydroxylation sites is 2. The molecular formula is C26H23N5O4. The predicted octanol–water partition coefficient (Wildman–Crippen LogP) is 4.03. The first-order valence-electron chi connectivity index (χ1n) is 11.0. The molecule has 3 aromatic carbocycles. The van der Waals surface area contributed by atoms with Gasteiger partial charge in [0.25, 0.3) is 5.91 Å². The zero-order chi connectivity index (χ0) is 24.7. The van der Waals surface area contributed by atoms with Gasteiger partial charge in [0.15, 0.2) is 0 Å². The minimum Gasteiger partial charge on any atom is -0.478 e. The van der Waals surface area contributed by atoms with E-state index in [0.29, 0.717) is 34.0 Å². The lowest BCUT2D eigenvalue weighted by Gasteiger charge is -2.24. The van der Waals surface area contributed by atoms with Crippen LogP contribution >= 0.6 is 0 Å². The molecule has 0 aliphatic carbocycles. The first-order chi connectivity index (χ1) is 16.8. The van der Waals surface area contributed by atoms with E-state index in [-0.39, 0.29) is 5.56 Å². The average Bonchev–Trinajstić information content (AvgIpc) is 3.14. The summed E-state index contributed by atoms with van der Waals surface area (Å²) in [5.41, 5.74) is 5.37.